The largest absolute Gasteiger partial charge is 0.343 e. The van der Waals surface area contributed by atoms with Crippen LogP contribution in [-0.4, -0.2) is 28.1 Å². The van der Waals surface area contributed by atoms with Crippen molar-refractivity contribution in [3.8, 4) is 5.69 Å². The van der Waals surface area contributed by atoms with Gasteiger partial charge in [-0.15, -0.1) is 0 Å². The van der Waals surface area contributed by atoms with Crippen LogP contribution >= 0.6 is 0 Å². The smallest absolute Gasteiger partial charge is 0.255 e. The average Bonchev–Trinajstić information content (AvgIpc) is 3.15. The van der Waals surface area contributed by atoms with Crippen molar-refractivity contribution in [2.75, 3.05) is 11.9 Å². The third-order valence-corrected chi connectivity index (χ3v) is 5.02. The van der Waals surface area contributed by atoms with Crippen LogP contribution in [0.15, 0.2) is 42.6 Å². The van der Waals surface area contributed by atoms with Crippen molar-refractivity contribution in [2.24, 2.45) is 0 Å². The number of benzene rings is 2. The molecule has 0 aliphatic carbocycles. The van der Waals surface area contributed by atoms with E-state index in [0.29, 0.717) is 16.9 Å². The van der Waals surface area contributed by atoms with E-state index in [9.17, 15) is 14.0 Å². The summed E-state index contributed by atoms with van der Waals surface area (Å²) >= 11 is 0. The summed E-state index contributed by atoms with van der Waals surface area (Å²) in [6.45, 7) is 9.61. The molecular weight excluding hydrogens is 395 g/mol. The van der Waals surface area contributed by atoms with Crippen LogP contribution in [0, 0.1) is 26.6 Å². The summed E-state index contributed by atoms with van der Waals surface area (Å²) in [6, 6.07) is 9.91. The molecule has 31 heavy (non-hydrogen) atoms. The molecule has 0 spiro atoms. The molecular formula is C24H27FN4O2. The quantitative estimate of drug-likeness (QED) is 0.617. The molecule has 2 amide bonds. The normalized spacial score (nSPS) is 10.9. The van der Waals surface area contributed by atoms with Gasteiger partial charge in [-0.2, -0.15) is 5.10 Å². The molecule has 0 saturated carbocycles. The van der Waals surface area contributed by atoms with E-state index in [4.69, 9.17) is 0 Å². The van der Waals surface area contributed by atoms with Gasteiger partial charge >= 0.3 is 0 Å². The molecule has 0 fully saturated rings. The zero-order valence-corrected chi connectivity index (χ0v) is 18.4. The maximum absolute atomic E-state index is 13.3. The van der Waals surface area contributed by atoms with Crippen LogP contribution in [0.4, 0.5) is 10.1 Å². The fourth-order valence-electron chi connectivity index (χ4n) is 3.69. The Labute approximate surface area is 181 Å². The fraction of sp³-hybridized carbons (Fsp3) is 0.292. The van der Waals surface area contributed by atoms with E-state index in [-0.39, 0.29) is 30.1 Å². The average molecular weight is 423 g/mol. The van der Waals surface area contributed by atoms with Crippen molar-refractivity contribution < 1.29 is 14.0 Å². The number of carbonyl (C=O) groups excluding carboxylic acids is 2. The SMILES string of the molecule is Cc1cc(C)c(NC(=O)CNC(=O)c2cnn(-c3ccc(F)cc3)c2C(C)C)c(C)c1. The molecule has 3 aromatic rings. The highest BCUT2D eigenvalue weighted by Gasteiger charge is 2.21. The van der Waals surface area contributed by atoms with E-state index in [1.807, 2.05) is 46.8 Å². The molecule has 1 heterocycles. The predicted octanol–water partition coefficient (Wildman–Crippen LogP) is 4.43. The van der Waals surface area contributed by atoms with Gasteiger partial charge in [0.2, 0.25) is 5.91 Å². The van der Waals surface area contributed by atoms with Gasteiger partial charge in [-0.3, -0.25) is 9.59 Å². The topological polar surface area (TPSA) is 76.0 Å². The van der Waals surface area contributed by atoms with Crippen LogP contribution in [0.5, 0.6) is 0 Å². The zero-order chi connectivity index (χ0) is 22.7. The van der Waals surface area contributed by atoms with Gasteiger partial charge in [0.15, 0.2) is 0 Å². The van der Waals surface area contributed by atoms with E-state index in [2.05, 4.69) is 15.7 Å². The maximum Gasteiger partial charge on any atom is 0.255 e. The number of nitrogens with zero attached hydrogens (tertiary/aromatic N) is 2. The number of halogens is 1. The molecule has 1 aromatic heterocycles. The lowest BCUT2D eigenvalue weighted by Crippen LogP contribution is -2.33. The lowest BCUT2D eigenvalue weighted by atomic mass is 10.0. The highest BCUT2D eigenvalue weighted by Crippen LogP contribution is 2.24. The van der Waals surface area contributed by atoms with E-state index < -0.39 is 0 Å². The summed E-state index contributed by atoms with van der Waals surface area (Å²) in [7, 11) is 0. The molecule has 0 radical (unpaired) electrons. The lowest BCUT2D eigenvalue weighted by molar-refractivity contribution is -0.115. The molecule has 0 atom stereocenters. The Bertz CT molecular complexity index is 1090. The molecule has 0 bridgehead atoms. The van der Waals surface area contributed by atoms with Crippen molar-refractivity contribution in [1.82, 2.24) is 15.1 Å². The summed E-state index contributed by atoms with van der Waals surface area (Å²) in [5.41, 5.74) is 5.56. The highest BCUT2D eigenvalue weighted by atomic mass is 19.1. The highest BCUT2D eigenvalue weighted by molar-refractivity contribution is 6.00. The number of anilines is 1. The van der Waals surface area contributed by atoms with Gasteiger partial charge in [0, 0.05) is 5.69 Å². The first-order chi connectivity index (χ1) is 14.7. The predicted molar refractivity (Wildman–Crippen MR) is 119 cm³/mol. The van der Waals surface area contributed by atoms with Gasteiger partial charge in [0.25, 0.3) is 5.91 Å². The van der Waals surface area contributed by atoms with Gasteiger partial charge in [-0.25, -0.2) is 9.07 Å². The van der Waals surface area contributed by atoms with Crippen LogP contribution in [0.25, 0.3) is 5.69 Å². The van der Waals surface area contributed by atoms with Crippen molar-refractivity contribution >= 4 is 17.5 Å². The minimum atomic E-state index is -0.385. The van der Waals surface area contributed by atoms with Gasteiger partial charge in [0.1, 0.15) is 5.82 Å². The first kappa shape index (κ1) is 22.2. The second kappa shape index (κ2) is 9.12. The Morgan fingerprint density at radius 3 is 2.26 bits per heavy atom. The Kier molecular flexibility index (Phi) is 6.53. The number of nitrogens with one attached hydrogen (secondary N) is 2. The van der Waals surface area contributed by atoms with Crippen LogP contribution in [0.2, 0.25) is 0 Å². The van der Waals surface area contributed by atoms with Crippen molar-refractivity contribution in [3.05, 3.63) is 76.4 Å². The second-order valence-corrected chi connectivity index (χ2v) is 7.99. The molecule has 162 valence electrons. The number of hydrogen-bond donors (Lipinski definition) is 2. The lowest BCUT2D eigenvalue weighted by Gasteiger charge is -2.14. The van der Waals surface area contributed by atoms with E-state index in [0.717, 1.165) is 22.4 Å². The van der Waals surface area contributed by atoms with Crippen LogP contribution in [0.1, 0.15) is 52.5 Å². The van der Waals surface area contributed by atoms with Gasteiger partial charge in [-0.1, -0.05) is 31.5 Å². The van der Waals surface area contributed by atoms with Gasteiger partial charge < -0.3 is 10.6 Å². The number of carbonyl (C=O) groups is 2. The summed E-state index contributed by atoms with van der Waals surface area (Å²) in [6.07, 6.45) is 1.47. The molecule has 0 aliphatic rings. The molecule has 0 aliphatic heterocycles. The molecule has 6 nitrogen and oxygen atoms in total. The Balaban J connectivity index is 1.74. The number of hydrogen-bond acceptors (Lipinski definition) is 3. The summed E-state index contributed by atoms with van der Waals surface area (Å²) in [5, 5.41) is 9.87. The monoisotopic (exact) mass is 422 g/mol. The standard InChI is InChI=1S/C24H27FN4O2/c1-14(2)23-20(12-27-29(23)19-8-6-18(25)7-9-19)24(31)26-13-21(30)28-22-16(4)10-15(3)11-17(22)5/h6-12,14H,13H2,1-5H3,(H,26,31)(H,28,30). The minimum absolute atomic E-state index is 0.0139. The van der Waals surface area contributed by atoms with Crippen LogP contribution in [-0.2, 0) is 4.79 Å². The summed E-state index contributed by atoms with van der Waals surface area (Å²) in [5.74, 6) is -1.05. The number of aryl methyl sites for hydroxylation is 3. The number of aromatic nitrogens is 2. The number of amides is 2. The van der Waals surface area contributed by atoms with Gasteiger partial charge in [-0.05, 0) is 62.1 Å². The van der Waals surface area contributed by atoms with E-state index >= 15 is 0 Å². The Morgan fingerprint density at radius 1 is 1.06 bits per heavy atom. The Morgan fingerprint density at radius 2 is 1.68 bits per heavy atom. The second-order valence-electron chi connectivity index (χ2n) is 7.99. The maximum atomic E-state index is 13.3. The molecule has 2 aromatic carbocycles. The Hall–Kier alpha value is -3.48. The molecule has 2 N–H and O–H groups in total. The van der Waals surface area contributed by atoms with E-state index in [1.165, 1.54) is 18.3 Å². The fourth-order valence-corrected chi connectivity index (χ4v) is 3.69. The first-order valence-corrected chi connectivity index (χ1v) is 10.2. The summed E-state index contributed by atoms with van der Waals surface area (Å²) in [4.78, 5) is 25.2. The third-order valence-electron chi connectivity index (χ3n) is 5.02. The molecule has 7 heteroatoms. The van der Waals surface area contributed by atoms with Crippen molar-refractivity contribution in [1.29, 1.82) is 0 Å². The molecule has 0 unspecified atom stereocenters. The molecule has 0 saturated heterocycles. The molecule has 3 rings (SSSR count). The van der Waals surface area contributed by atoms with Crippen molar-refractivity contribution in [3.63, 3.8) is 0 Å². The zero-order valence-electron chi connectivity index (χ0n) is 18.4. The van der Waals surface area contributed by atoms with Gasteiger partial charge in [0.05, 0.1) is 29.7 Å². The third kappa shape index (κ3) is 4.99. The number of rotatable bonds is 6. The van der Waals surface area contributed by atoms with E-state index in [1.54, 1.807) is 16.8 Å². The first-order valence-electron chi connectivity index (χ1n) is 10.2. The van der Waals surface area contributed by atoms with Crippen molar-refractivity contribution in [2.45, 2.75) is 40.5 Å². The summed E-state index contributed by atoms with van der Waals surface area (Å²) < 4.78 is 14.9. The van der Waals surface area contributed by atoms with Crippen LogP contribution in [0.3, 0.4) is 0 Å². The minimum Gasteiger partial charge on any atom is -0.343 e. The van der Waals surface area contributed by atoms with Crippen LogP contribution < -0.4 is 10.6 Å².